The lowest BCUT2D eigenvalue weighted by Gasteiger charge is -2.11. The Morgan fingerprint density at radius 1 is 1.10 bits per heavy atom. The van der Waals surface area contributed by atoms with Crippen LogP contribution in [0.25, 0.3) is 0 Å². The topological polar surface area (TPSA) is 81.4 Å². The molecular weight excluding hydrogens is 388 g/mol. The van der Waals surface area contributed by atoms with Crippen LogP contribution in [0.3, 0.4) is 0 Å². The number of amides is 1. The number of benzene rings is 2. The van der Waals surface area contributed by atoms with Crippen molar-refractivity contribution < 1.29 is 18.8 Å². The SMILES string of the molecule is Cc1cc(CSc2ccccc2C(=O)OCC(=O)Nc2cccc(C)c2C)no1. The summed E-state index contributed by atoms with van der Waals surface area (Å²) in [6, 6.07) is 14.6. The number of hydrogen-bond acceptors (Lipinski definition) is 6. The van der Waals surface area contributed by atoms with Gasteiger partial charge in [0.1, 0.15) is 5.76 Å². The predicted molar refractivity (Wildman–Crippen MR) is 112 cm³/mol. The van der Waals surface area contributed by atoms with Crippen LogP contribution in [-0.4, -0.2) is 23.6 Å². The molecule has 0 aliphatic heterocycles. The van der Waals surface area contributed by atoms with Gasteiger partial charge in [-0.2, -0.15) is 0 Å². The number of aryl methyl sites for hydroxylation is 2. The summed E-state index contributed by atoms with van der Waals surface area (Å²) in [7, 11) is 0. The number of aromatic nitrogens is 1. The summed E-state index contributed by atoms with van der Waals surface area (Å²) in [5.74, 6) is 0.383. The Morgan fingerprint density at radius 3 is 2.66 bits per heavy atom. The first-order valence-electron chi connectivity index (χ1n) is 9.11. The van der Waals surface area contributed by atoms with E-state index in [1.54, 1.807) is 12.1 Å². The molecule has 1 amide bonds. The fraction of sp³-hybridized carbons (Fsp3) is 0.227. The molecule has 29 heavy (non-hydrogen) atoms. The van der Waals surface area contributed by atoms with Crippen LogP contribution in [-0.2, 0) is 15.3 Å². The maximum Gasteiger partial charge on any atom is 0.339 e. The average molecular weight is 410 g/mol. The molecule has 3 aromatic rings. The third-order valence-electron chi connectivity index (χ3n) is 4.37. The smallest absolute Gasteiger partial charge is 0.339 e. The number of ether oxygens (including phenoxy) is 1. The van der Waals surface area contributed by atoms with E-state index in [1.165, 1.54) is 11.8 Å². The third-order valence-corrected chi connectivity index (χ3v) is 5.48. The van der Waals surface area contributed by atoms with Gasteiger partial charge in [-0.15, -0.1) is 11.8 Å². The number of thioether (sulfide) groups is 1. The van der Waals surface area contributed by atoms with Crippen molar-refractivity contribution in [3.63, 3.8) is 0 Å². The minimum absolute atomic E-state index is 0.353. The number of esters is 1. The van der Waals surface area contributed by atoms with Crippen LogP contribution in [0.5, 0.6) is 0 Å². The Morgan fingerprint density at radius 2 is 1.90 bits per heavy atom. The highest BCUT2D eigenvalue weighted by molar-refractivity contribution is 7.98. The second-order valence-electron chi connectivity index (χ2n) is 6.59. The van der Waals surface area contributed by atoms with Gasteiger partial charge in [-0.25, -0.2) is 4.79 Å². The summed E-state index contributed by atoms with van der Waals surface area (Å²) >= 11 is 1.46. The van der Waals surface area contributed by atoms with E-state index in [4.69, 9.17) is 9.26 Å². The van der Waals surface area contributed by atoms with E-state index in [0.29, 0.717) is 17.0 Å². The molecule has 2 aromatic carbocycles. The molecule has 150 valence electrons. The van der Waals surface area contributed by atoms with E-state index in [9.17, 15) is 9.59 Å². The van der Waals surface area contributed by atoms with Crippen LogP contribution in [0.2, 0.25) is 0 Å². The number of carbonyl (C=O) groups excluding carboxylic acids is 2. The van der Waals surface area contributed by atoms with Crippen molar-refractivity contribution in [2.45, 2.75) is 31.4 Å². The molecule has 0 radical (unpaired) electrons. The summed E-state index contributed by atoms with van der Waals surface area (Å²) in [6.07, 6.45) is 0. The van der Waals surface area contributed by atoms with E-state index < -0.39 is 5.97 Å². The van der Waals surface area contributed by atoms with Crippen molar-refractivity contribution >= 4 is 29.3 Å². The molecule has 0 saturated heterocycles. The Labute approximate surface area is 173 Å². The van der Waals surface area contributed by atoms with Crippen molar-refractivity contribution in [3.8, 4) is 0 Å². The van der Waals surface area contributed by atoms with Gasteiger partial charge in [-0.1, -0.05) is 29.4 Å². The number of rotatable bonds is 7. The fourth-order valence-electron chi connectivity index (χ4n) is 2.68. The van der Waals surface area contributed by atoms with Crippen molar-refractivity contribution in [1.29, 1.82) is 0 Å². The van der Waals surface area contributed by atoms with E-state index in [1.807, 2.05) is 57.2 Å². The predicted octanol–water partition coefficient (Wildman–Crippen LogP) is 4.69. The lowest BCUT2D eigenvalue weighted by atomic mass is 10.1. The fourth-order valence-corrected chi connectivity index (χ4v) is 3.60. The Balaban J connectivity index is 1.59. The normalized spacial score (nSPS) is 10.6. The lowest BCUT2D eigenvalue weighted by molar-refractivity contribution is -0.119. The van der Waals surface area contributed by atoms with Crippen LogP contribution in [0, 0.1) is 20.8 Å². The quantitative estimate of drug-likeness (QED) is 0.450. The van der Waals surface area contributed by atoms with Gasteiger partial charge in [0, 0.05) is 22.4 Å². The summed E-state index contributed by atoms with van der Waals surface area (Å²) < 4.78 is 10.3. The molecule has 0 saturated carbocycles. The first kappa shape index (κ1) is 20.7. The highest BCUT2D eigenvalue weighted by Crippen LogP contribution is 2.27. The largest absolute Gasteiger partial charge is 0.452 e. The number of nitrogens with one attached hydrogen (secondary N) is 1. The van der Waals surface area contributed by atoms with Crippen LogP contribution >= 0.6 is 11.8 Å². The van der Waals surface area contributed by atoms with Crippen molar-refractivity contribution in [2.75, 3.05) is 11.9 Å². The van der Waals surface area contributed by atoms with Gasteiger partial charge >= 0.3 is 5.97 Å². The summed E-state index contributed by atoms with van der Waals surface area (Å²) in [4.78, 5) is 25.5. The molecular formula is C22H22N2O4S. The zero-order valence-corrected chi connectivity index (χ0v) is 17.3. The number of anilines is 1. The van der Waals surface area contributed by atoms with Crippen molar-refractivity contribution in [1.82, 2.24) is 5.16 Å². The van der Waals surface area contributed by atoms with Gasteiger partial charge in [0.05, 0.1) is 11.3 Å². The Bertz CT molecular complexity index is 1030. The summed E-state index contributed by atoms with van der Waals surface area (Å²) in [6.45, 7) is 5.38. The lowest BCUT2D eigenvalue weighted by Crippen LogP contribution is -2.21. The van der Waals surface area contributed by atoms with Crippen LogP contribution in [0.15, 0.2) is 57.9 Å². The molecule has 0 fully saturated rings. The third kappa shape index (κ3) is 5.48. The van der Waals surface area contributed by atoms with Gasteiger partial charge in [0.2, 0.25) is 0 Å². The molecule has 0 unspecified atom stereocenters. The molecule has 3 rings (SSSR count). The highest BCUT2D eigenvalue weighted by atomic mass is 32.2. The molecule has 0 bridgehead atoms. The van der Waals surface area contributed by atoms with Crippen LogP contribution in [0.4, 0.5) is 5.69 Å². The van der Waals surface area contributed by atoms with Gasteiger partial charge in [0.25, 0.3) is 5.91 Å². The molecule has 6 nitrogen and oxygen atoms in total. The molecule has 0 atom stereocenters. The van der Waals surface area contributed by atoms with Crippen LogP contribution in [0.1, 0.15) is 32.9 Å². The van der Waals surface area contributed by atoms with E-state index in [2.05, 4.69) is 10.5 Å². The zero-order valence-electron chi connectivity index (χ0n) is 16.5. The molecule has 0 aliphatic carbocycles. The Hall–Kier alpha value is -3.06. The Kier molecular flexibility index (Phi) is 6.72. The highest BCUT2D eigenvalue weighted by Gasteiger charge is 2.16. The maximum atomic E-state index is 12.5. The average Bonchev–Trinajstić information content (AvgIpc) is 3.13. The molecule has 1 N–H and O–H groups in total. The standard InChI is InChI=1S/C22H22N2O4S/c1-14-7-6-9-19(16(14)3)23-21(25)12-27-22(26)18-8-4-5-10-20(18)29-13-17-11-15(2)28-24-17/h4-11H,12-13H2,1-3H3,(H,23,25). The number of nitrogens with zero attached hydrogens (tertiary/aromatic N) is 1. The minimum Gasteiger partial charge on any atom is -0.452 e. The van der Waals surface area contributed by atoms with Gasteiger partial charge in [-0.3, -0.25) is 4.79 Å². The van der Waals surface area contributed by atoms with E-state index >= 15 is 0 Å². The minimum atomic E-state index is -0.541. The molecule has 0 aliphatic rings. The van der Waals surface area contributed by atoms with Crippen molar-refractivity contribution in [2.24, 2.45) is 0 Å². The molecule has 1 heterocycles. The summed E-state index contributed by atoms with van der Waals surface area (Å²) in [5, 5.41) is 6.73. The van der Waals surface area contributed by atoms with Gasteiger partial charge < -0.3 is 14.6 Å². The zero-order chi connectivity index (χ0) is 20.8. The maximum absolute atomic E-state index is 12.5. The number of carbonyl (C=O) groups is 2. The van der Waals surface area contributed by atoms with E-state index in [-0.39, 0.29) is 12.5 Å². The first-order valence-corrected chi connectivity index (χ1v) is 10.1. The second kappa shape index (κ2) is 9.43. The monoisotopic (exact) mass is 410 g/mol. The van der Waals surface area contributed by atoms with E-state index in [0.717, 1.165) is 27.5 Å². The van der Waals surface area contributed by atoms with Gasteiger partial charge in [0.15, 0.2) is 6.61 Å². The second-order valence-corrected chi connectivity index (χ2v) is 7.60. The van der Waals surface area contributed by atoms with Gasteiger partial charge in [-0.05, 0) is 50.1 Å². The molecule has 7 heteroatoms. The van der Waals surface area contributed by atoms with Crippen LogP contribution < -0.4 is 5.32 Å². The molecule has 1 aromatic heterocycles. The van der Waals surface area contributed by atoms with Crippen molar-refractivity contribution in [3.05, 3.63) is 76.7 Å². The number of hydrogen-bond donors (Lipinski definition) is 1. The summed E-state index contributed by atoms with van der Waals surface area (Å²) in [5.41, 5.74) is 3.98. The first-order chi connectivity index (χ1) is 13.9. The molecule has 0 spiro atoms.